The molecule has 0 unspecified atom stereocenters. The summed E-state index contributed by atoms with van der Waals surface area (Å²) in [6.07, 6.45) is 6.74. The summed E-state index contributed by atoms with van der Waals surface area (Å²) in [5, 5.41) is 18.7. The molecule has 0 spiro atoms. The van der Waals surface area contributed by atoms with Gasteiger partial charge in [-0.1, -0.05) is 0 Å². The zero-order valence-corrected chi connectivity index (χ0v) is 17.7. The Balaban J connectivity index is 1.42. The van der Waals surface area contributed by atoms with E-state index in [1.807, 2.05) is 0 Å². The molecule has 162 valence electrons. The first-order valence-corrected chi connectivity index (χ1v) is 10.6. The topological polar surface area (TPSA) is 115 Å². The molecule has 3 heterocycles. The van der Waals surface area contributed by atoms with Gasteiger partial charge < -0.3 is 19.3 Å². The predicted molar refractivity (Wildman–Crippen MR) is 112 cm³/mol. The van der Waals surface area contributed by atoms with E-state index in [1.54, 1.807) is 41.3 Å². The lowest BCUT2D eigenvalue weighted by Gasteiger charge is -2.22. The smallest absolute Gasteiger partial charge is 0.273 e. The van der Waals surface area contributed by atoms with Crippen LogP contribution in [0.5, 0.6) is 5.75 Å². The van der Waals surface area contributed by atoms with Crippen molar-refractivity contribution in [1.82, 2.24) is 19.8 Å². The summed E-state index contributed by atoms with van der Waals surface area (Å²) in [6, 6.07) is 7.18. The average molecular weight is 430 g/mol. The summed E-state index contributed by atoms with van der Waals surface area (Å²) in [6.45, 7) is 1.35. The number of amides is 1. The van der Waals surface area contributed by atoms with E-state index in [4.69, 9.17) is 9.47 Å². The number of carbonyl (C=O) groups is 1. The third-order valence-corrected chi connectivity index (χ3v) is 6.16. The minimum atomic E-state index is -0.161. The maximum Gasteiger partial charge on any atom is 0.273 e. The molecule has 2 aromatic rings. The Hall–Kier alpha value is -3.69. The van der Waals surface area contributed by atoms with Gasteiger partial charge in [-0.15, -0.1) is 0 Å². The van der Waals surface area contributed by atoms with Gasteiger partial charge >= 0.3 is 0 Å². The van der Waals surface area contributed by atoms with Crippen molar-refractivity contribution >= 4 is 5.91 Å². The third kappa shape index (κ3) is 3.61. The van der Waals surface area contributed by atoms with Crippen LogP contribution in [-0.4, -0.2) is 64.1 Å². The van der Waals surface area contributed by atoms with Crippen molar-refractivity contribution in [3.05, 3.63) is 41.2 Å². The quantitative estimate of drug-likeness (QED) is 0.640. The molecule has 3 aliphatic rings. The molecule has 1 aliphatic carbocycles. The van der Waals surface area contributed by atoms with Gasteiger partial charge in [0.15, 0.2) is 12.0 Å². The van der Waals surface area contributed by atoms with Gasteiger partial charge in [-0.25, -0.2) is 9.97 Å². The Morgan fingerprint density at radius 1 is 1.28 bits per heavy atom. The normalized spacial score (nSPS) is 21.9. The number of aromatic nitrogens is 2. The van der Waals surface area contributed by atoms with Gasteiger partial charge in [0.05, 0.1) is 48.5 Å². The third-order valence-electron chi connectivity index (χ3n) is 6.16. The standard InChI is InChI=1S/C23H22N6O3/c1-31-12-17-7-16(11-28(17)13-25)29-10-15-9-26-22(27-21(15)23(29)30)19-6-14(8-24)2-5-20(19)32-18-3-4-18/h2,5-6,9,16-18H,3-4,7,10-12H2,1H3/t16-,17+/m1/s1. The van der Waals surface area contributed by atoms with E-state index in [2.05, 4.69) is 22.2 Å². The summed E-state index contributed by atoms with van der Waals surface area (Å²) in [5.41, 5.74) is 2.22. The van der Waals surface area contributed by atoms with Crippen molar-refractivity contribution < 1.29 is 14.3 Å². The molecule has 1 aromatic heterocycles. The second-order valence-corrected chi connectivity index (χ2v) is 8.39. The van der Waals surface area contributed by atoms with Crippen molar-refractivity contribution in [1.29, 1.82) is 10.5 Å². The highest BCUT2D eigenvalue weighted by Gasteiger charge is 2.41. The lowest BCUT2D eigenvalue weighted by atomic mass is 10.1. The minimum Gasteiger partial charge on any atom is -0.490 e. The van der Waals surface area contributed by atoms with Crippen LogP contribution in [0.4, 0.5) is 0 Å². The number of rotatable bonds is 6. The van der Waals surface area contributed by atoms with Gasteiger partial charge in [0.25, 0.3) is 5.91 Å². The summed E-state index contributed by atoms with van der Waals surface area (Å²) in [5.74, 6) is 0.830. The zero-order chi connectivity index (χ0) is 22.2. The Labute approximate surface area is 185 Å². The molecule has 0 N–H and O–H groups in total. The average Bonchev–Trinajstić information content (AvgIpc) is 3.45. The highest BCUT2D eigenvalue weighted by molar-refractivity contribution is 5.97. The number of fused-ring (bicyclic) bond motifs is 1. The Morgan fingerprint density at radius 2 is 2.12 bits per heavy atom. The molecule has 1 saturated heterocycles. The van der Waals surface area contributed by atoms with Crippen LogP contribution in [0.15, 0.2) is 24.4 Å². The Morgan fingerprint density at radius 3 is 2.84 bits per heavy atom. The molecule has 1 aromatic carbocycles. The molecule has 0 radical (unpaired) electrons. The number of nitriles is 2. The molecule has 0 bridgehead atoms. The summed E-state index contributed by atoms with van der Waals surface area (Å²) in [4.78, 5) is 25.8. The fourth-order valence-corrected chi connectivity index (χ4v) is 4.36. The number of methoxy groups -OCH3 is 1. The fourth-order valence-electron chi connectivity index (χ4n) is 4.36. The number of carbonyl (C=O) groups excluding carboxylic acids is 1. The molecule has 5 rings (SSSR count). The maximum atomic E-state index is 13.2. The van der Waals surface area contributed by atoms with Crippen LogP contribution in [0.3, 0.4) is 0 Å². The van der Waals surface area contributed by atoms with Gasteiger partial charge in [-0.3, -0.25) is 4.79 Å². The predicted octanol–water partition coefficient (Wildman–Crippen LogP) is 2.08. The largest absolute Gasteiger partial charge is 0.490 e. The second kappa shape index (κ2) is 8.10. The molecule has 9 nitrogen and oxygen atoms in total. The highest BCUT2D eigenvalue weighted by Crippen LogP contribution is 2.36. The second-order valence-electron chi connectivity index (χ2n) is 8.39. The number of ether oxygens (including phenoxy) is 2. The van der Waals surface area contributed by atoms with Crippen molar-refractivity contribution in [2.45, 2.75) is 44.0 Å². The van der Waals surface area contributed by atoms with Crippen molar-refractivity contribution in [2.24, 2.45) is 0 Å². The van der Waals surface area contributed by atoms with E-state index < -0.39 is 0 Å². The number of likely N-dealkylation sites (tertiary alicyclic amines) is 1. The van der Waals surface area contributed by atoms with Crippen LogP contribution >= 0.6 is 0 Å². The van der Waals surface area contributed by atoms with Gasteiger partial charge in [-0.2, -0.15) is 10.5 Å². The van der Waals surface area contributed by atoms with E-state index in [1.165, 1.54) is 0 Å². The first-order chi connectivity index (χ1) is 15.6. The molecular formula is C23H22N6O3. The SMILES string of the molecule is COC[C@@H]1C[C@@H](N2Cc3cnc(-c4cc(C#N)ccc4OC4CC4)nc3C2=O)CN1C#N. The molecular weight excluding hydrogens is 408 g/mol. The molecule has 2 aliphatic heterocycles. The van der Waals surface area contributed by atoms with E-state index in [9.17, 15) is 15.3 Å². The lowest BCUT2D eigenvalue weighted by Crippen LogP contribution is -2.37. The number of hydrogen-bond donors (Lipinski definition) is 0. The van der Waals surface area contributed by atoms with Crippen LogP contribution in [0.2, 0.25) is 0 Å². The van der Waals surface area contributed by atoms with Crippen molar-refractivity contribution in [2.75, 3.05) is 20.3 Å². The Bertz CT molecular complexity index is 1150. The van der Waals surface area contributed by atoms with E-state index in [0.717, 1.165) is 18.4 Å². The maximum absolute atomic E-state index is 13.2. The van der Waals surface area contributed by atoms with Gasteiger partial charge in [-0.05, 0) is 37.5 Å². The summed E-state index contributed by atoms with van der Waals surface area (Å²) >= 11 is 0. The number of benzene rings is 1. The summed E-state index contributed by atoms with van der Waals surface area (Å²) < 4.78 is 11.2. The molecule has 2 fully saturated rings. The van der Waals surface area contributed by atoms with Crippen LogP contribution in [0.1, 0.15) is 40.9 Å². The molecule has 1 saturated carbocycles. The monoisotopic (exact) mass is 430 g/mol. The Kier molecular flexibility index (Phi) is 5.12. The first kappa shape index (κ1) is 20.2. The van der Waals surface area contributed by atoms with E-state index in [0.29, 0.717) is 54.5 Å². The van der Waals surface area contributed by atoms with E-state index >= 15 is 0 Å². The number of hydrogen-bond acceptors (Lipinski definition) is 8. The molecule has 32 heavy (non-hydrogen) atoms. The van der Waals surface area contributed by atoms with E-state index in [-0.39, 0.29) is 24.1 Å². The minimum absolute atomic E-state index is 0.0380. The van der Waals surface area contributed by atoms with Gasteiger partial charge in [0, 0.05) is 25.4 Å². The first-order valence-electron chi connectivity index (χ1n) is 10.6. The van der Waals surface area contributed by atoms with Crippen LogP contribution in [0.25, 0.3) is 11.4 Å². The molecule has 9 heteroatoms. The number of nitrogens with zero attached hydrogens (tertiary/aromatic N) is 6. The molecule has 1 amide bonds. The van der Waals surface area contributed by atoms with Crippen molar-refractivity contribution in [3.8, 4) is 29.4 Å². The van der Waals surface area contributed by atoms with Crippen molar-refractivity contribution in [3.63, 3.8) is 0 Å². The van der Waals surface area contributed by atoms with Crippen LogP contribution in [-0.2, 0) is 11.3 Å². The zero-order valence-electron chi connectivity index (χ0n) is 17.7. The fraction of sp³-hybridized carbons (Fsp3) is 0.435. The summed E-state index contributed by atoms with van der Waals surface area (Å²) in [7, 11) is 1.61. The van der Waals surface area contributed by atoms with Crippen LogP contribution in [0, 0.1) is 22.8 Å². The van der Waals surface area contributed by atoms with Crippen LogP contribution < -0.4 is 4.74 Å². The van der Waals surface area contributed by atoms with Gasteiger partial charge in [0.2, 0.25) is 0 Å². The van der Waals surface area contributed by atoms with Gasteiger partial charge in [0.1, 0.15) is 11.4 Å². The lowest BCUT2D eigenvalue weighted by molar-refractivity contribution is 0.0705. The highest BCUT2D eigenvalue weighted by atomic mass is 16.5. The molecule has 2 atom stereocenters.